The topological polar surface area (TPSA) is 132 Å². The van der Waals surface area contributed by atoms with Crippen LogP contribution in [0.25, 0.3) is 0 Å². The fourth-order valence-electron chi connectivity index (χ4n) is 6.76. The molecule has 0 saturated carbocycles. The highest BCUT2D eigenvalue weighted by molar-refractivity contribution is 5.72. The normalized spacial score (nSPS) is 16.5. The third kappa shape index (κ3) is 36.1. The number of hydrogen-bond donors (Lipinski definition) is 1. The summed E-state index contributed by atoms with van der Waals surface area (Å²) >= 11 is 0. The van der Waals surface area contributed by atoms with Crippen molar-refractivity contribution in [2.24, 2.45) is 0 Å². The number of carboxylic acid groups (broad SMARTS) is 1. The molecule has 1 rings (SSSR count). The highest BCUT2D eigenvalue weighted by Crippen LogP contribution is 2.26. The molecule has 0 spiro atoms. The lowest BCUT2D eigenvalue weighted by Gasteiger charge is -2.19. The van der Waals surface area contributed by atoms with Crippen LogP contribution < -0.4 is 0 Å². The first-order valence-electron chi connectivity index (χ1n) is 22.7. The van der Waals surface area contributed by atoms with Gasteiger partial charge in [0.25, 0.3) is 0 Å². The fraction of sp³-hybridized carbons (Fsp3) is 0.911. The summed E-state index contributed by atoms with van der Waals surface area (Å²) in [4.78, 5) is 50.2. The van der Waals surface area contributed by atoms with Gasteiger partial charge in [0.2, 0.25) is 6.29 Å². The van der Waals surface area contributed by atoms with Crippen molar-refractivity contribution in [3.8, 4) is 0 Å². The Morgan fingerprint density at radius 3 is 1.29 bits per heavy atom. The van der Waals surface area contributed by atoms with Crippen molar-refractivity contribution in [1.82, 2.24) is 9.80 Å². The molecule has 56 heavy (non-hydrogen) atoms. The first-order valence-corrected chi connectivity index (χ1v) is 22.7. The van der Waals surface area contributed by atoms with Crippen LogP contribution in [-0.2, 0) is 38.1 Å². The van der Waals surface area contributed by atoms with Crippen LogP contribution in [0.15, 0.2) is 0 Å². The highest BCUT2D eigenvalue weighted by atomic mass is 16.7. The predicted octanol–water partition coefficient (Wildman–Crippen LogP) is 10.3. The van der Waals surface area contributed by atoms with Crippen molar-refractivity contribution < 1.29 is 43.2 Å². The Labute approximate surface area is 342 Å². The molecule has 1 N–H and O–H groups in total. The second kappa shape index (κ2) is 38.3. The van der Waals surface area contributed by atoms with Crippen molar-refractivity contribution in [3.05, 3.63) is 0 Å². The molecule has 0 amide bonds. The molecule has 1 saturated heterocycles. The van der Waals surface area contributed by atoms with Gasteiger partial charge in [-0.3, -0.25) is 29.0 Å². The van der Waals surface area contributed by atoms with Gasteiger partial charge in [0.1, 0.15) is 18.8 Å². The molecule has 0 aliphatic carbocycles. The summed E-state index contributed by atoms with van der Waals surface area (Å²) in [6.45, 7) is 4.70. The summed E-state index contributed by atoms with van der Waals surface area (Å²) in [6.07, 6.45) is 31.9. The maximum Gasteiger partial charge on any atom is 0.322 e. The molecule has 0 aromatic heterocycles. The zero-order valence-corrected chi connectivity index (χ0v) is 37.0. The van der Waals surface area contributed by atoms with Crippen LogP contribution >= 0.6 is 0 Å². The van der Waals surface area contributed by atoms with E-state index in [1.165, 1.54) is 135 Å². The molecule has 1 fully saturated rings. The Bertz CT molecular complexity index is 962. The highest BCUT2D eigenvalue weighted by Gasteiger charge is 2.40. The quantitative estimate of drug-likeness (QED) is 0.0369. The van der Waals surface area contributed by atoms with Crippen LogP contribution in [-0.4, -0.2) is 105 Å². The number of hydrogen-bond acceptors (Lipinski definition) is 10. The lowest BCUT2D eigenvalue weighted by Crippen LogP contribution is -2.34. The van der Waals surface area contributed by atoms with Crippen molar-refractivity contribution in [3.63, 3.8) is 0 Å². The van der Waals surface area contributed by atoms with Gasteiger partial charge in [0, 0.05) is 12.8 Å². The third-order valence-electron chi connectivity index (χ3n) is 9.99. The minimum absolute atomic E-state index is 0.0644. The summed E-state index contributed by atoms with van der Waals surface area (Å²) in [5, 5.41) is 8.49. The van der Waals surface area contributed by atoms with Crippen LogP contribution in [0.4, 0.5) is 0 Å². The van der Waals surface area contributed by atoms with E-state index in [0.29, 0.717) is 12.8 Å². The smallest absolute Gasteiger partial charge is 0.322 e. The third-order valence-corrected chi connectivity index (χ3v) is 9.99. The molecule has 0 aromatic rings. The van der Waals surface area contributed by atoms with Gasteiger partial charge in [0.15, 0.2) is 0 Å². The number of ether oxygens (including phenoxy) is 4. The largest absolute Gasteiger partial charge is 0.481 e. The second-order valence-electron chi connectivity index (χ2n) is 16.4. The summed E-state index contributed by atoms with van der Waals surface area (Å²) in [6, 6.07) is 0. The zero-order valence-electron chi connectivity index (χ0n) is 37.0. The summed E-state index contributed by atoms with van der Waals surface area (Å²) < 4.78 is 22.1. The molecule has 3 unspecified atom stereocenters. The Hall–Kier alpha value is -2.24. The van der Waals surface area contributed by atoms with Gasteiger partial charge in [-0.1, -0.05) is 168 Å². The molecule has 3 atom stereocenters. The van der Waals surface area contributed by atoms with Gasteiger partial charge in [-0.15, -0.1) is 0 Å². The number of carboxylic acids is 1. The minimum atomic E-state index is -0.839. The number of aliphatic carboxylic acids is 1. The van der Waals surface area contributed by atoms with Gasteiger partial charge >= 0.3 is 23.9 Å². The van der Waals surface area contributed by atoms with E-state index in [9.17, 15) is 19.2 Å². The Morgan fingerprint density at radius 2 is 0.893 bits per heavy atom. The number of carbonyl (C=O) groups excluding carboxylic acids is 3. The van der Waals surface area contributed by atoms with Crippen molar-refractivity contribution >= 4 is 23.9 Å². The number of esters is 3. The number of carbonyl (C=O) groups is 4. The molecule has 11 heteroatoms. The number of rotatable bonds is 36. The van der Waals surface area contributed by atoms with Crippen molar-refractivity contribution in [1.29, 1.82) is 0 Å². The first kappa shape index (κ1) is 53.8. The van der Waals surface area contributed by atoms with E-state index in [4.69, 9.17) is 24.1 Å². The molecule has 0 radical (unpaired) electrons. The first-order chi connectivity index (χ1) is 27.0. The predicted molar refractivity (Wildman–Crippen MR) is 226 cm³/mol. The van der Waals surface area contributed by atoms with E-state index in [-0.39, 0.29) is 32.1 Å². The number of unbranched alkanes of at least 4 members (excludes halogenated alkanes) is 24. The monoisotopic (exact) mass is 799 g/mol. The average molecular weight is 799 g/mol. The van der Waals surface area contributed by atoms with Gasteiger partial charge in [-0.2, -0.15) is 0 Å². The van der Waals surface area contributed by atoms with E-state index in [1.54, 1.807) is 38.0 Å². The number of likely N-dealkylation sites (N-methyl/N-ethyl adjacent to an activating group) is 2. The van der Waals surface area contributed by atoms with Crippen LogP contribution in [0.1, 0.15) is 200 Å². The lowest BCUT2D eigenvalue weighted by molar-refractivity contribution is -0.183. The maximum absolute atomic E-state index is 12.5. The number of nitrogens with zero attached hydrogens (tertiary/aromatic N) is 2. The second-order valence-corrected chi connectivity index (χ2v) is 16.4. The Kier molecular flexibility index (Phi) is 36.8. The standard InChI is InChI=1S/C29H54N2O7.C16H32O2/c1-6-7-8-9-10-11-12-13-14-15-16-17-18-19-26(32)36-24-20-29(38-28(34)22-31(4)5)37-25(24)23-35-27(33)21-30(2)3;1-2-3-4-5-6-7-8-9-10-11-12-13-14-15-16(17)18/h24-25,29H,6-23H2,1-5H3;2-15H2,1H3,(H,17,18). The Balaban J connectivity index is 0.00000141. The van der Waals surface area contributed by atoms with E-state index < -0.39 is 36.4 Å². The molecular formula is C45H86N2O9. The molecule has 1 aliphatic heterocycles. The van der Waals surface area contributed by atoms with Crippen LogP contribution in [0.3, 0.4) is 0 Å². The molecule has 0 aromatic carbocycles. The van der Waals surface area contributed by atoms with E-state index in [0.717, 1.165) is 32.1 Å². The maximum atomic E-state index is 12.5. The zero-order chi connectivity index (χ0) is 41.7. The Morgan fingerprint density at radius 1 is 0.518 bits per heavy atom. The van der Waals surface area contributed by atoms with Gasteiger partial charge in [-0.05, 0) is 41.0 Å². The average Bonchev–Trinajstić information content (AvgIpc) is 3.50. The van der Waals surface area contributed by atoms with Crippen LogP contribution in [0.2, 0.25) is 0 Å². The van der Waals surface area contributed by atoms with E-state index in [1.807, 2.05) is 0 Å². The molecule has 1 heterocycles. The van der Waals surface area contributed by atoms with Crippen molar-refractivity contribution in [2.45, 2.75) is 219 Å². The summed E-state index contributed by atoms with van der Waals surface area (Å²) in [5.41, 5.74) is 0. The molecular weight excluding hydrogens is 713 g/mol. The van der Waals surface area contributed by atoms with Crippen LogP contribution in [0.5, 0.6) is 0 Å². The lowest BCUT2D eigenvalue weighted by atomic mass is 10.0. The van der Waals surface area contributed by atoms with Gasteiger partial charge in [-0.25, -0.2) is 0 Å². The SMILES string of the molecule is CCCCCCCCCCCCCCCC(=O)O.CCCCCCCCCCCCCCCC(=O)OC1CC(OC(=O)CN(C)C)OC1COC(=O)CN(C)C. The van der Waals surface area contributed by atoms with Crippen LogP contribution in [0, 0.1) is 0 Å². The van der Waals surface area contributed by atoms with Crippen molar-refractivity contribution in [2.75, 3.05) is 47.9 Å². The summed E-state index contributed by atoms with van der Waals surface area (Å²) in [5.74, 6) is -1.78. The van der Waals surface area contributed by atoms with Gasteiger partial charge < -0.3 is 24.1 Å². The van der Waals surface area contributed by atoms with E-state index in [2.05, 4.69) is 13.8 Å². The molecule has 0 bridgehead atoms. The molecule has 11 nitrogen and oxygen atoms in total. The molecule has 1 aliphatic rings. The fourth-order valence-corrected chi connectivity index (χ4v) is 6.76. The summed E-state index contributed by atoms with van der Waals surface area (Å²) in [7, 11) is 7.08. The van der Waals surface area contributed by atoms with Gasteiger partial charge in [0.05, 0.1) is 19.5 Å². The minimum Gasteiger partial charge on any atom is -0.481 e. The van der Waals surface area contributed by atoms with E-state index >= 15 is 0 Å². The molecule has 330 valence electrons.